The van der Waals surface area contributed by atoms with Crippen LogP contribution in [-0.2, 0) is 4.74 Å². The Morgan fingerprint density at radius 2 is 2.03 bits per heavy atom. The number of unbranched alkanes of at least 4 members (excludes halogenated alkanes) is 1. The van der Waals surface area contributed by atoms with Crippen molar-refractivity contribution < 1.29 is 9.53 Å². The van der Waals surface area contributed by atoms with Crippen LogP contribution in [0.1, 0.15) is 49.9 Å². The summed E-state index contributed by atoms with van der Waals surface area (Å²) >= 11 is 1.52. The van der Waals surface area contributed by atoms with Gasteiger partial charge in [0.05, 0.1) is 7.11 Å². The summed E-state index contributed by atoms with van der Waals surface area (Å²) in [5.74, 6) is 1.33. The Labute approximate surface area is 202 Å². The molecule has 0 aliphatic rings. The van der Waals surface area contributed by atoms with Gasteiger partial charge in [-0.1, -0.05) is 75.2 Å². The maximum Gasteiger partial charge on any atom is 0.342 e. The molecule has 0 saturated heterocycles. The number of hydrogen-bond donors (Lipinski definition) is 1. The summed E-state index contributed by atoms with van der Waals surface area (Å²) in [6, 6.07) is 9.46. The first kappa shape index (κ1) is 23.8. The van der Waals surface area contributed by atoms with E-state index in [4.69, 9.17) is 9.72 Å². The number of ether oxygens (including phenoxy) is 1. The Hall–Kier alpha value is -3.33. The Kier molecular flexibility index (Phi) is 7.52. The molecule has 34 heavy (non-hydrogen) atoms. The monoisotopic (exact) mass is 479 g/mol. The van der Waals surface area contributed by atoms with Crippen LogP contribution in [0.2, 0.25) is 0 Å². The molecule has 4 aromatic rings. The quantitative estimate of drug-likeness (QED) is 0.255. The van der Waals surface area contributed by atoms with Gasteiger partial charge in [-0.3, -0.25) is 9.55 Å². The van der Waals surface area contributed by atoms with Gasteiger partial charge in [-0.25, -0.2) is 24.0 Å². The van der Waals surface area contributed by atoms with Crippen molar-refractivity contribution in [2.24, 2.45) is 5.92 Å². The maximum absolute atomic E-state index is 13.4. The number of nitrogens with zero attached hydrogens (tertiary/aromatic N) is 4. The van der Waals surface area contributed by atoms with Crippen LogP contribution in [0.4, 0.5) is 0 Å². The number of hydrogen-bond acceptors (Lipinski definition) is 6. The lowest BCUT2D eigenvalue weighted by Gasteiger charge is -2.13. The predicted octanol–water partition coefficient (Wildman–Crippen LogP) is 4.97. The van der Waals surface area contributed by atoms with Crippen LogP contribution < -0.4 is 5.69 Å². The molecular formula is C25H29N5O3S. The second kappa shape index (κ2) is 10.7. The van der Waals surface area contributed by atoms with E-state index in [1.807, 2.05) is 30.3 Å². The van der Waals surface area contributed by atoms with E-state index in [1.165, 1.54) is 29.7 Å². The molecule has 0 aliphatic heterocycles. The number of rotatable bonds is 10. The number of H-pyrrole nitrogens is 1. The number of aromatic amines is 1. The number of benzene rings is 1. The van der Waals surface area contributed by atoms with Gasteiger partial charge in [0.15, 0.2) is 10.8 Å². The SMILES string of the molecule is CCCCC(CC)CSc1nc2c(C(=O)OC)c(-c3ccccc3)c(-n3ccnc3)n2c(=O)[nH]1. The highest BCUT2D eigenvalue weighted by Gasteiger charge is 2.29. The third-order valence-corrected chi connectivity index (χ3v) is 7.05. The number of carbonyl (C=O) groups excluding carboxylic acids is 1. The zero-order chi connectivity index (χ0) is 24.1. The van der Waals surface area contributed by atoms with Crippen LogP contribution >= 0.6 is 11.8 Å². The van der Waals surface area contributed by atoms with Gasteiger partial charge in [-0.15, -0.1) is 0 Å². The topological polar surface area (TPSA) is 94.3 Å². The maximum atomic E-state index is 13.4. The molecule has 8 nitrogen and oxygen atoms in total. The second-order valence-corrected chi connectivity index (χ2v) is 9.14. The summed E-state index contributed by atoms with van der Waals surface area (Å²) in [5, 5.41) is 0.492. The summed E-state index contributed by atoms with van der Waals surface area (Å²) in [5.41, 5.74) is 1.49. The number of methoxy groups -OCH3 is 1. The molecule has 0 saturated carbocycles. The average Bonchev–Trinajstić information content (AvgIpc) is 3.50. The largest absolute Gasteiger partial charge is 0.465 e. The minimum absolute atomic E-state index is 0.253. The van der Waals surface area contributed by atoms with E-state index in [1.54, 1.807) is 23.3 Å². The molecule has 0 radical (unpaired) electrons. The van der Waals surface area contributed by atoms with E-state index in [0.29, 0.717) is 22.5 Å². The molecule has 1 N–H and O–H groups in total. The van der Waals surface area contributed by atoms with Crippen molar-refractivity contribution in [3.63, 3.8) is 0 Å². The molecule has 0 amide bonds. The lowest BCUT2D eigenvalue weighted by atomic mass is 10.0. The highest BCUT2D eigenvalue weighted by molar-refractivity contribution is 7.99. The van der Waals surface area contributed by atoms with Crippen molar-refractivity contribution in [2.75, 3.05) is 12.9 Å². The van der Waals surface area contributed by atoms with Gasteiger partial charge in [0.25, 0.3) is 0 Å². The van der Waals surface area contributed by atoms with Crippen LogP contribution in [0.3, 0.4) is 0 Å². The predicted molar refractivity (Wildman–Crippen MR) is 134 cm³/mol. The first-order valence-electron chi connectivity index (χ1n) is 11.5. The minimum atomic E-state index is -0.550. The van der Waals surface area contributed by atoms with E-state index in [-0.39, 0.29) is 16.9 Å². The molecule has 1 unspecified atom stereocenters. The Balaban J connectivity index is 1.92. The lowest BCUT2D eigenvalue weighted by molar-refractivity contribution is 0.0603. The summed E-state index contributed by atoms with van der Waals surface area (Å²) < 4.78 is 8.28. The Morgan fingerprint density at radius 3 is 2.68 bits per heavy atom. The van der Waals surface area contributed by atoms with Gasteiger partial charge in [0.1, 0.15) is 17.7 Å². The summed E-state index contributed by atoms with van der Waals surface area (Å²) in [6.45, 7) is 4.38. The average molecular weight is 480 g/mol. The van der Waals surface area contributed by atoms with Gasteiger partial charge in [0.2, 0.25) is 0 Å². The van der Waals surface area contributed by atoms with Crippen molar-refractivity contribution >= 4 is 23.4 Å². The molecule has 3 aromatic heterocycles. The fourth-order valence-corrected chi connectivity index (χ4v) is 5.19. The van der Waals surface area contributed by atoms with E-state index in [0.717, 1.165) is 30.6 Å². The molecule has 178 valence electrons. The standard InChI is InChI=1S/C25H29N5O3S/c1-4-6-10-17(5-2)15-34-24-27-21-20(23(31)33-3)19(18-11-8-7-9-12-18)22(29-14-13-26-16-29)30(21)25(32)28-24/h7-9,11-14,16-17H,4-6,10,15H2,1-3H3,(H,27,28,32). The first-order valence-corrected chi connectivity index (χ1v) is 12.5. The summed E-state index contributed by atoms with van der Waals surface area (Å²) in [7, 11) is 1.33. The molecule has 0 spiro atoms. The van der Waals surface area contributed by atoms with Crippen LogP contribution in [0.15, 0.2) is 59.0 Å². The van der Waals surface area contributed by atoms with Crippen molar-refractivity contribution in [3.8, 4) is 16.9 Å². The zero-order valence-corrected chi connectivity index (χ0v) is 20.5. The molecule has 3 heterocycles. The van der Waals surface area contributed by atoms with Crippen LogP contribution in [0, 0.1) is 5.92 Å². The molecule has 9 heteroatoms. The third kappa shape index (κ3) is 4.65. The van der Waals surface area contributed by atoms with Crippen LogP contribution in [0.5, 0.6) is 0 Å². The van der Waals surface area contributed by atoms with E-state index in [9.17, 15) is 9.59 Å². The molecule has 0 aliphatic carbocycles. The van der Waals surface area contributed by atoms with E-state index < -0.39 is 5.97 Å². The number of fused-ring (bicyclic) bond motifs is 1. The first-order chi connectivity index (χ1) is 16.6. The van der Waals surface area contributed by atoms with Crippen molar-refractivity contribution in [1.29, 1.82) is 0 Å². The normalized spacial score (nSPS) is 12.2. The van der Waals surface area contributed by atoms with Gasteiger partial charge >= 0.3 is 11.7 Å². The number of nitrogens with one attached hydrogen (secondary N) is 1. The highest BCUT2D eigenvalue weighted by atomic mass is 32.2. The van der Waals surface area contributed by atoms with E-state index >= 15 is 0 Å². The highest BCUT2D eigenvalue weighted by Crippen LogP contribution is 2.35. The zero-order valence-electron chi connectivity index (χ0n) is 19.7. The lowest BCUT2D eigenvalue weighted by Crippen LogP contribution is -2.21. The summed E-state index contributed by atoms with van der Waals surface area (Å²) in [6.07, 6.45) is 9.51. The molecule has 1 aromatic carbocycles. The molecule has 4 rings (SSSR count). The Bertz CT molecular complexity index is 1310. The van der Waals surface area contributed by atoms with Crippen molar-refractivity contribution in [2.45, 2.75) is 44.7 Å². The minimum Gasteiger partial charge on any atom is -0.465 e. The summed E-state index contributed by atoms with van der Waals surface area (Å²) in [4.78, 5) is 38.2. The Morgan fingerprint density at radius 1 is 1.24 bits per heavy atom. The van der Waals surface area contributed by atoms with Crippen molar-refractivity contribution in [1.82, 2.24) is 23.9 Å². The van der Waals surface area contributed by atoms with Gasteiger partial charge < -0.3 is 4.74 Å². The molecular weight excluding hydrogens is 450 g/mol. The van der Waals surface area contributed by atoms with Gasteiger partial charge in [-0.05, 0) is 17.9 Å². The van der Waals surface area contributed by atoms with Crippen molar-refractivity contribution in [3.05, 3.63) is 65.1 Å². The fourth-order valence-electron chi connectivity index (χ4n) is 4.08. The van der Waals surface area contributed by atoms with Gasteiger partial charge in [-0.2, -0.15) is 0 Å². The number of esters is 1. The van der Waals surface area contributed by atoms with Crippen LogP contribution in [0.25, 0.3) is 22.6 Å². The molecule has 1 atom stereocenters. The van der Waals surface area contributed by atoms with Crippen LogP contribution in [-0.4, -0.2) is 42.8 Å². The molecule has 0 bridgehead atoms. The number of carbonyl (C=O) groups is 1. The smallest absolute Gasteiger partial charge is 0.342 e. The number of aromatic nitrogens is 5. The van der Waals surface area contributed by atoms with Gasteiger partial charge in [0, 0.05) is 23.7 Å². The number of thioether (sulfide) groups is 1. The second-order valence-electron chi connectivity index (χ2n) is 8.13. The fraction of sp³-hybridized carbons (Fsp3) is 0.360. The molecule has 0 fully saturated rings. The number of imidazole rings is 1. The van der Waals surface area contributed by atoms with E-state index in [2.05, 4.69) is 23.8 Å². The third-order valence-electron chi connectivity index (χ3n) is 5.95.